The number of nitrogens with zero attached hydrogens (tertiary/aromatic N) is 1. The fourth-order valence-electron chi connectivity index (χ4n) is 2.43. The molecule has 3 nitrogen and oxygen atoms in total. The molecule has 1 aliphatic rings. The van der Waals surface area contributed by atoms with Crippen molar-refractivity contribution in [1.82, 2.24) is 10.2 Å². The number of benzene rings is 1. The molecule has 2 rings (SSSR count). The van der Waals surface area contributed by atoms with E-state index in [-0.39, 0.29) is 5.91 Å². The predicted molar refractivity (Wildman–Crippen MR) is 92.8 cm³/mol. The van der Waals surface area contributed by atoms with Crippen LogP contribution in [0.1, 0.15) is 25.7 Å². The minimum Gasteiger partial charge on any atom is -0.355 e. The van der Waals surface area contributed by atoms with Crippen molar-refractivity contribution in [1.29, 1.82) is 0 Å². The van der Waals surface area contributed by atoms with Crippen LogP contribution in [0.15, 0.2) is 33.6 Å². The van der Waals surface area contributed by atoms with E-state index < -0.39 is 0 Å². The maximum atomic E-state index is 11.8. The third-order valence-corrected chi connectivity index (χ3v) is 5.15. The van der Waals surface area contributed by atoms with Crippen LogP contribution in [0, 0.1) is 0 Å². The third kappa shape index (κ3) is 6.85. The van der Waals surface area contributed by atoms with E-state index in [4.69, 9.17) is 0 Å². The van der Waals surface area contributed by atoms with Gasteiger partial charge in [0.1, 0.15) is 0 Å². The molecule has 0 spiro atoms. The summed E-state index contributed by atoms with van der Waals surface area (Å²) in [6.07, 6.45) is 4.96. The summed E-state index contributed by atoms with van der Waals surface area (Å²) in [7, 11) is 0. The van der Waals surface area contributed by atoms with Gasteiger partial charge in [-0.25, -0.2) is 0 Å². The lowest BCUT2D eigenvalue weighted by molar-refractivity contribution is -0.118. The summed E-state index contributed by atoms with van der Waals surface area (Å²) in [4.78, 5) is 15.4. The van der Waals surface area contributed by atoms with Crippen LogP contribution in [0.5, 0.6) is 0 Å². The quantitative estimate of drug-likeness (QED) is 0.561. The molecule has 5 heteroatoms. The number of carbonyl (C=O) groups is 1. The van der Waals surface area contributed by atoms with Gasteiger partial charge in [0.15, 0.2) is 0 Å². The highest BCUT2D eigenvalue weighted by atomic mass is 79.9. The van der Waals surface area contributed by atoms with E-state index in [0.717, 1.165) is 22.3 Å². The summed E-state index contributed by atoms with van der Waals surface area (Å²) in [6.45, 7) is 4.50. The van der Waals surface area contributed by atoms with E-state index in [0.29, 0.717) is 5.75 Å². The van der Waals surface area contributed by atoms with E-state index in [1.165, 1.54) is 38.9 Å². The van der Waals surface area contributed by atoms with Crippen molar-refractivity contribution in [2.45, 2.75) is 30.6 Å². The summed E-state index contributed by atoms with van der Waals surface area (Å²) in [6, 6.07) is 8.05. The van der Waals surface area contributed by atoms with Crippen LogP contribution in [-0.4, -0.2) is 42.7 Å². The standard InChI is InChI=1S/C16H23BrN2OS/c17-14-5-7-15(8-6-14)21-13-16(20)18-9-1-2-10-19-11-3-4-12-19/h5-8H,1-4,9-13H2,(H,18,20). The SMILES string of the molecule is O=C(CSc1ccc(Br)cc1)NCCCCN1CCCC1. The average Bonchev–Trinajstić information content (AvgIpc) is 2.99. The molecule has 21 heavy (non-hydrogen) atoms. The topological polar surface area (TPSA) is 32.3 Å². The number of thioether (sulfide) groups is 1. The van der Waals surface area contributed by atoms with E-state index in [1.54, 1.807) is 11.8 Å². The van der Waals surface area contributed by atoms with Crippen molar-refractivity contribution in [2.24, 2.45) is 0 Å². The fourth-order valence-corrected chi connectivity index (χ4v) is 3.42. The van der Waals surface area contributed by atoms with Crippen molar-refractivity contribution >= 4 is 33.6 Å². The molecule has 1 N–H and O–H groups in total. The molecule has 0 radical (unpaired) electrons. The Labute approximate surface area is 140 Å². The van der Waals surface area contributed by atoms with Crippen molar-refractivity contribution in [3.05, 3.63) is 28.7 Å². The number of carbonyl (C=O) groups excluding carboxylic acids is 1. The molecule has 0 bridgehead atoms. The monoisotopic (exact) mass is 370 g/mol. The minimum absolute atomic E-state index is 0.129. The number of nitrogens with one attached hydrogen (secondary N) is 1. The number of likely N-dealkylation sites (tertiary alicyclic amines) is 1. The fraction of sp³-hybridized carbons (Fsp3) is 0.562. The number of unbranched alkanes of at least 4 members (excludes halogenated alkanes) is 1. The Hall–Kier alpha value is -0.520. The smallest absolute Gasteiger partial charge is 0.230 e. The van der Waals surface area contributed by atoms with E-state index in [1.807, 2.05) is 24.3 Å². The zero-order chi connectivity index (χ0) is 14.9. The van der Waals surface area contributed by atoms with Gasteiger partial charge in [0.25, 0.3) is 0 Å². The number of hydrogen-bond acceptors (Lipinski definition) is 3. The number of hydrogen-bond donors (Lipinski definition) is 1. The van der Waals surface area contributed by atoms with Gasteiger partial charge in [-0.05, 0) is 69.6 Å². The zero-order valence-electron chi connectivity index (χ0n) is 12.3. The minimum atomic E-state index is 0.129. The van der Waals surface area contributed by atoms with Crippen LogP contribution in [0.4, 0.5) is 0 Å². The Balaban J connectivity index is 1.50. The van der Waals surface area contributed by atoms with Gasteiger partial charge < -0.3 is 10.2 Å². The first-order valence-electron chi connectivity index (χ1n) is 7.61. The highest BCUT2D eigenvalue weighted by molar-refractivity contribution is 9.10. The molecule has 0 aliphatic carbocycles. The second-order valence-electron chi connectivity index (χ2n) is 5.35. The molecule has 1 amide bonds. The molecule has 0 saturated carbocycles. The first-order chi connectivity index (χ1) is 10.2. The van der Waals surface area contributed by atoms with Gasteiger partial charge in [-0.1, -0.05) is 15.9 Å². The second kappa shape index (κ2) is 9.49. The Morgan fingerprint density at radius 2 is 1.90 bits per heavy atom. The maximum absolute atomic E-state index is 11.8. The van der Waals surface area contributed by atoms with E-state index in [9.17, 15) is 4.79 Å². The summed E-state index contributed by atoms with van der Waals surface area (Å²) >= 11 is 4.99. The third-order valence-electron chi connectivity index (χ3n) is 3.61. The van der Waals surface area contributed by atoms with Crippen LogP contribution in [-0.2, 0) is 4.79 Å². The summed E-state index contributed by atoms with van der Waals surface area (Å²) in [5.74, 6) is 0.623. The Bertz CT molecular complexity index is 432. The largest absolute Gasteiger partial charge is 0.355 e. The molecule has 0 atom stereocenters. The van der Waals surface area contributed by atoms with Crippen molar-refractivity contribution < 1.29 is 4.79 Å². The predicted octanol–water partition coefficient (Wildman–Crippen LogP) is 3.53. The van der Waals surface area contributed by atoms with Crippen LogP contribution >= 0.6 is 27.7 Å². The number of halogens is 1. The normalized spacial score (nSPS) is 15.3. The Morgan fingerprint density at radius 1 is 1.19 bits per heavy atom. The zero-order valence-corrected chi connectivity index (χ0v) is 14.7. The van der Waals surface area contributed by atoms with Crippen LogP contribution in [0.3, 0.4) is 0 Å². The van der Waals surface area contributed by atoms with Crippen molar-refractivity contribution in [2.75, 3.05) is 31.9 Å². The molecule has 0 unspecified atom stereocenters. The molecule has 1 heterocycles. The van der Waals surface area contributed by atoms with Crippen LogP contribution in [0.2, 0.25) is 0 Å². The molecule has 1 aromatic carbocycles. The van der Waals surface area contributed by atoms with Crippen molar-refractivity contribution in [3.8, 4) is 0 Å². The van der Waals surface area contributed by atoms with Crippen molar-refractivity contribution in [3.63, 3.8) is 0 Å². The maximum Gasteiger partial charge on any atom is 0.230 e. The lowest BCUT2D eigenvalue weighted by Gasteiger charge is -2.13. The summed E-state index contributed by atoms with van der Waals surface area (Å²) in [5.41, 5.74) is 0. The molecule has 0 aromatic heterocycles. The summed E-state index contributed by atoms with van der Waals surface area (Å²) in [5, 5.41) is 3.00. The number of rotatable bonds is 8. The van der Waals surface area contributed by atoms with Gasteiger partial charge in [0.05, 0.1) is 5.75 Å². The molecule has 1 fully saturated rings. The van der Waals surface area contributed by atoms with Gasteiger partial charge in [0, 0.05) is 15.9 Å². The highest BCUT2D eigenvalue weighted by Crippen LogP contribution is 2.20. The van der Waals surface area contributed by atoms with Crippen LogP contribution < -0.4 is 5.32 Å². The lowest BCUT2D eigenvalue weighted by Crippen LogP contribution is -2.27. The Kier molecular flexibility index (Phi) is 7.61. The van der Waals surface area contributed by atoms with Crippen LogP contribution in [0.25, 0.3) is 0 Å². The van der Waals surface area contributed by atoms with Gasteiger partial charge >= 0.3 is 0 Å². The molecular formula is C16H23BrN2OS. The molecule has 1 saturated heterocycles. The molecular weight excluding hydrogens is 348 g/mol. The molecule has 1 aliphatic heterocycles. The van der Waals surface area contributed by atoms with Gasteiger partial charge in [-0.15, -0.1) is 11.8 Å². The van der Waals surface area contributed by atoms with E-state index in [2.05, 4.69) is 26.1 Å². The van der Waals surface area contributed by atoms with Gasteiger partial charge in [0.2, 0.25) is 5.91 Å². The first kappa shape index (κ1) is 16.8. The lowest BCUT2D eigenvalue weighted by atomic mass is 10.3. The second-order valence-corrected chi connectivity index (χ2v) is 7.31. The Morgan fingerprint density at radius 3 is 2.62 bits per heavy atom. The average molecular weight is 371 g/mol. The van der Waals surface area contributed by atoms with E-state index >= 15 is 0 Å². The summed E-state index contributed by atoms with van der Waals surface area (Å²) < 4.78 is 1.06. The molecule has 116 valence electrons. The van der Waals surface area contributed by atoms with Gasteiger partial charge in [-0.3, -0.25) is 4.79 Å². The van der Waals surface area contributed by atoms with Gasteiger partial charge in [-0.2, -0.15) is 0 Å². The highest BCUT2D eigenvalue weighted by Gasteiger charge is 2.10. The molecule has 1 aromatic rings. The first-order valence-corrected chi connectivity index (χ1v) is 9.39. The number of amides is 1.